The summed E-state index contributed by atoms with van der Waals surface area (Å²) in [5, 5.41) is 0. The van der Waals surface area contributed by atoms with E-state index in [1.54, 1.807) is 7.05 Å². The van der Waals surface area contributed by atoms with Gasteiger partial charge in [-0.05, 0) is 39.7 Å². The predicted octanol–water partition coefficient (Wildman–Crippen LogP) is 1.92. The highest BCUT2D eigenvalue weighted by Gasteiger charge is 2.38. The molecule has 2 rings (SSSR count). The molecule has 7 heteroatoms. The van der Waals surface area contributed by atoms with Crippen LogP contribution in [0.2, 0.25) is 0 Å². The SMILES string of the molecule is CN1CCCN(C)C(C(=O)c2cnccc2C(F)(F)F)C1. The number of Topliss-reactive ketones (excluding diaryl/α,β-unsaturated/α-hetero) is 1. The number of aromatic nitrogens is 1. The van der Waals surface area contributed by atoms with Gasteiger partial charge in [-0.2, -0.15) is 13.2 Å². The maximum absolute atomic E-state index is 13.0. The minimum absolute atomic E-state index is 0.350. The normalized spacial score (nSPS) is 22.0. The third-order valence-electron chi connectivity index (χ3n) is 3.76. The zero-order chi connectivity index (χ0) is 15.6. The first-order valence-corrected chi connectivity index (χ1v) is 6.75. The fourth-order valence-corrected chi connectivity index (χ4v) is 2.57. The molecule has 0 aliphatic carbocycles. The number of rotatable bonds is 2. The monoisotopic (exact) mass is 301 g/mol. The summed E-state index contributed by atoms with van der Waals surface area (Å²) in [6.45, 7) is 1.93. The molecule has 4 nitrogen and oxygen atoms in total. The molecule has 1 aliphatic heterocycles. The molecule has 0 saturated carbocycles. The molecule has 1 unspecified atom stereocenters. The van der Waals surface area contributed by atoms with Crippen LogP contribution < -0.4 is 0 Å². The first-order chi connectivity index (χ1) is 9.80. The Balaban J connectivity index is 2.35. The average molecular weight is 301 g/mol. The highest BCUT2D eigenvalue weighted by molar-refractivity contribution is 6.01. The summed E-state index contributed by atoms with van der Waals surface area (Å²) in [6, 6.07) is 0.274. The third-order valence-corrected chi connectivity index (χ3v) is 3.76. The van der Waals surface area contributed by atoms with Crippen molar-refractivity contribution < 1.29 is 18.0 Å². The number of carbonyl (C=O) groups excluding carboxylic acids is 1. The summed E-state index contributed by atoms with van der Waals surface area (Å²) in [5.74, 6) is -0.522. The molecule has 1 aromatic rings. The third kappa shape index (κ3) is 3.59. The number of nitrogens with zero attached hydrogens (tertiary/aromatic N) is 3. The molecule has 21 heavy (non-hydrogen) atoms. The van der Waals surface area contributed by atoms with E-state index in [2.05, 4.69) is 4.98 Å². The minimum Gasteiger partial charge on any atom is -0.304 e. The molecule has 0 spiro atoms. The Labute approximate surface area is 121 Å². The van der Waals surface area contributed by atoms with Gasteiger partial charge in [-0.15, -0.1) is 0 Å². The quantitative estimate of drug-likeness (QED) is 0.782. The summed E-state index contributed by atoms with van der Waals surface area (Å²) >= 11 is 0. The van der Waals surface area contributed by atoms with Crippen molar-refractivity contribution in [1.82, 2.24) is 14.8 Å². The molecule has 0 radical (unpaired) electrons. The number of ketones is 1. The van der Waals surface area contributed by atoms with Crippen molar-refractivity contribution >= 4 is 5.78 Å². The van der Waals surface area contributed by atoms with Crippen molar-refractivity contribution in [2.75, 3.05) is 33.7 Å². The van der Waals surface area contributed by atoms with Crippen LogP contribution in [0, 0.1) is 0 Å². The maximum atomic E-state index is 13.0. The van der Waals surface area contributed by atoms with E-state index in [0.717, 1.165) is 31.4 Å². The van der Waals surface area contributed by atoms with Gasteiger partial charge in [0, 0.05) is 24.5 Å². The van der Waals surface area contributed by atoms with Gasteiger partial charge in [-0.25, -0.2) is 0 Å². The molecule has 0 N–H and O–H groups in total. The highest BCUT2D eigenvalue weighted by atomic mass is 19.4. The summed E-state index contributed by atoms with van der Waals surface area (Å²) in [5.41, 5.74) is -1.26. The fraction of sp³-hybridized carbons (Fsp3) is 0.571. The minimum atomic E-state index is -4.55. The van der Waals surface area contributed by atoms with Crippen molar-refractivity contribution in [1.29, 1.82) is 0 Å². The molecule has 1 aliphatic rings. The van der Waals surface area contributed by atoms with Crippen LogP contribution in [0.3, 0.4) is 0 Å². The molecule has 1 fully saturated rings. The number of hydrogen-bond acceptors (Lipinski definition) is 4. The zero-order valence-electron chi connectivity index (χ0n) is 12.0. The fourth-order valence-electron chi connectivity index (χ4n) is 2.57. The number of hydrogen-bond donors (Lipinski definition) is 0. The van der Waals surface area contributed by atoms with Crippen molar-refractivity contribution in [3.8, 4) is 0 Å². The van der Waals surface area contributed by atoms with Crippen LogP contribution in [-0.2, 0) is 6.18 Å². The van der Waals surface area contributed by atoms with Crippen LogP contribution in [0.25, 0.3) is 0 Å². The second-order valence-corrected chi connectivity index (χ2v) is 5.40. The summed E-state index contributed by atoms with van der Waals surface area (Å²) in [7, 11) is 3.64. The van der Waals surface area contributed by atoms with E-state index in [4.69, 9.17) is 0 Å². The van der Waals surface area contributed by atoms with Crippen LogP contribution in [0.4, 0.5) is 13.2 Å². The lowest BCUT2D eigenvalue weighted by molar-refractivity contribution is -0.138. The van der Waals surface area contributed by atoms with E-state index in [-0.39, 0.29) is 5.56 Å². The zero-order valence-corrected chi connectivity index (χ0v) is 12.0. The summed E-state index contributed by atoms with van der Waals surface area (Å²) in [4.78, 5) is 20.0. The van der Waals surface area contributed by atoms with E-state index in [1.165, 1.54) is 0 Å². The number of alkyl halides is 3. The Bertz CT molecular complexity index is 518. The van der Waals surface area contributed by atoms with Gasteiger partial charge in [-0.1, -0.05) is 0 Å². The number of carbonyl (C=O) groups is 1. The van der Waals surface area contributed by atoms with Gasteiger partial charge in [-0.3, -0.25) is 14.7 Å². The smallest absolute Gasteiger partial charge is 0.304 e. The molecule has 1 saturated heterocycles. The Kier molecular flexibility index (Phi) is 4.63. The topological polar surface area (TPSA) is 36.4 Å². The lowest BCUT2D eigenvalue weighted by Gasteiger charge is -2.26. The largest absolute Gasteiger partial charge is 0.417 e. The van der Waals surface area contributed by atoms with Crippen molar-refractivity contribution in [3.05, 3.63) is 29.6 Å². The molecule has 1 aromatic heterocycles. The Morgan fingerprint density at radius 1 is 1.33 bits per heavy atom. The first kappa shape index (κ1) is 15.9. The molecule has 116 valence electrons. The molecule has 1 atom stereocenters. The summed E-state index contributed by atoms with van der Waals surface area (Å²) in [6.07, 6.45) is -1.59. The van der Waals surface area contributed by atoms with Crippen LogP contribution in [0.5, 0.6) is 0 Å². The van der Waals surface area contributed by atoms with Crippen LogP contribution in [-0.4, -0.2) is 60.3 Å². The lowest BCUT2D eigenvalue weighted by Crippen LogP contribution is -2.44. The van der Waals surface area contributed by atoms with E-state index >= 15 is 0 Å². The van der Waals surface area contributed by atoms with Crippen molar-refractivity contribution in [3.63, 3.8) is 0 Å². The van der Waals surface area contributed by atoms with Crippen LogP contribution in [0.15, 0.2) is 18.5 Å². The van der Waals surface area contributed by atoms with Gasteiger partial charge in [0.15, 0.2) is 5.78 Å². The number of likely N-dealkylation sites (N-methyl/N-ethyl adjacent to an activating group) is 2. The van der Waals surface area contributed by atoms with Gasteiger partial charge in [0.25, 0.3) is 0 Å². The number of halogens is 3. The summed E-state index contributed by atoms with van der Waals surface area (Å²) < 4.78 is 39.1. The number of pyridine rings is 1. The van der Waals surface area contributed by atoms with E-state index in [0.29, 0.717) is 13.1 Å². The molecular formula is C14H18F3N3O. The Morgan fingerprint density at radius 2 is 2.05 bits per heavy atom. The molecule has 2 heterocycles. The lowest BCUT2D eigenvalue weighted by atomic mass is 9.99. The van der Waals surface area contributed by atoms with E-state index < -0.39 is 23.6 Å². The first-order valence-electron chi connectivity index (χ1n) is 6.75. The van der Waals surface area contributed by atoms with Gasteiger partial charge >= 0.3 is 6.18 Å². The second kappa shape index (κ2) is 6.11. The van der Waals surface area contributed by atoms with E-state index in [9.17, 15) is 18.0 Å². The predicted molar refractivity (Wildman–Crippen MR) is 72.1 cm³/mol. The van der Waals surface area contributed by atoms with Gasteiger partial charge in [0.2, 0.25) is 0 Å². The van der Waals surface area contributed by atoms with Gasteiger partial charge in [0.1, 0.15) is 0 Å². The van der Waals surface area contributed by atoms with Crippen LogP contribution >= 0.6 is 0 Å². The Morgan fingerprint density at radius 3 is 2.71 bits per heavy atom. The highest BCUT2D eigenvalue weighted by Crippen LogP contribution is 2.32. The second-order valence-electron chi connectivity index (χ2n) is 5.40. The molecule has 0 aromatic carbocycles. The van der Waals surface area contributed by atoms with Crippen molar-refractivity contribution in [2.45, 2.75) is 18.6 Å². The van der Waals surface area contributed by atoms with Gasteiger partial charge in [0.05, 0.1) is 11.6 Å². The average Bonchev–Trinajstić information content (AvgIpc) is 2.58. The van der Waals surface area contributed by atoms with E-state index in [1.807, 2.05) is 16.8 Å². The maximum Gasteiger partial charge on any atom is 0.417 e. The molecule has 0 bridgehead atoms. The van der Waals surface area contributed by atoms with Crippen LogP contribution in [0.1, 0.15) is 22.3 Å². The molecular weight excluding hydrogens is 283 g/mol. The molecule has 0 amide bonds. The Hall–Kier alpha value is -1.47. The van der Waals surface area contributed by atoms with Crippen molar-refractivity contribution in [2.24, 2.45) is 0 Å². The standard InChI is InChI=1S/C14H18F3N3O/c1-19-6-3-7-20(2)12(9-19)13(21)10-8-18-5-4-11(10)14(15,16)17/h4-5,8,12H,3,6-7,9H2,1-2H3. The van der Waals surface area contributed by atoms with Gasteiger partial charge < -0.3 is 4.90 Å².